The molecule has 1 heterocycles. The molecule has 1 saturated heterocycles. The Balaban J connectivity index is 2.68. The van der Waals surface area contributed by atoms with Crippen molar-refractivity contribution in [3.05, 3.63) is 0 Å². The summed E-state index contributed by atoms with van der Waals surface area (Å²) < 4.78 is -0.184. The van der Waals surface area contributed by atoms with Gasteiger partial charge in [0, 0.05) is 5.54 Å². The highest BCUT2D eigenvalue weighted by atomic mass is 33.2. The normalized spacial score (nSPS) is 23.4. The van der Waals surface area contributed by atoms with E-state index in [4.69, 9.17) is 0 Å². The molecule has 1 aliphatic heterocycles. The Morgan fingerprint density at radius 2 is 1.50 bits per heavy atom. The second kappa shape index (κ2) is 3.58. The monoisotopic (exact) mass is 235 g/mol. The standard InChI is InChI=1S/C10H21NOS2/c1-8(2,3)7(12)10(13-14-10)11-9(4,5)6/h7,11-12H,1-6H3. The molecule has 1 rings (SSSR count). The number of aliphatic hydroxyl groups excluding tert-OH is 1. The maximum Gasteiger partial charge on any atom is 0.159 e. The predicted octanol–water partition coefficient (Wildman–Crippen LogP) is 2.83. The van der Waals surface area contributed by atoms with E-state index in [9.17, 15) is 5.11 Å². The van der Waals surface area contributed by atoms with Crippen molar-refractivity contribution in [1.82, 2.24) is 5.32 Å². The quantitative estimate of drug-likeness (QED) is 0.569. The van der Waals surface area contributed by atoms with Gasteiger partial charge in [-0.3, -0.25) is 5.32 Å². The molecule has 84 valence electrons. The zero-order valence-corrected chi connectivity index (χ0v) is 11.5. The summed E-state index contributed by atoms with van der Waals surface area (Å²) >= 11 is 0. The van der Waals surface area contributed by atoms with Crippen molar-refractivity contribution in [3.8, 4) is 0 Å². The maximum absolute atomic E-state index is 10.2. The molecule has 0 aliphatic carbocycles. The summed E-state index contributed by atoms with van der Waals surface area (Å²) in [5.41, 5.74) is -0.0303. The third kappa shape index (κ3) is 3.05. The van der Waals surface area contributed by atoms with Crippen LogP contribution < -0.4 is 5.32 Å². The predicted molar refractivity (Wildman–Crippen MR) is 66.3 cm³/mol. The fraction of sp³-hybridized carbons (Fsp3) is 1.00. The van der Waals surface area contributed by atoms with E-state index in [-0.39, 0.29) is 21.3 Å². The lowest BCUT2D eigenvalue weighted by Gasteiger charge is -2.35. The summed E-state index contributed by atoms with van der Waals surface area (Å²) in [6.45, 7) is 12.6. The van der Waals surface area contributed by atoms with Crippen LogP contribution in [-0.4, -0.2) is 21.0 Å². The average Bonchev–Trinajstić information content (AvgIpc) is 2.62. The van der Waals surface area contributed by atoms with Crippen molar-refractivity contribution in [3.63, 3.8) is 0 Å². The fourth-order valence-electron chi connectivity index (χ4n) is 1.34. The molecular formula is C10H21NOS2. The zero-order valence-electron chi connectivity index (χ0n) is 9.84. The zero-order chi connectivity index (χ0) is 11.2. The highest BCUT2D eigenvalue weighted by molar-refractivity contribution is 8.93. The van der Waals surface area contributed by atoms with Crippen LogP contribution in [0.5, 0.6) is 0 Å². The lowest BCUT2D eigenvalue weighted by atomic mass is 9.88. The van der Waals surface area contributed by atoms with Crippen LogP contribution in [0.2, 0.25) is 0 Å². The molecule has 1 aliphatic rings. The highest BCUT2D eigenvalue weighted by Gasteiger charge is 2.57. The minimum atomic E-state index is -0.329. The Labute approximate surface area is 95.0 Å². The van der Waals surface area contributed by atoms with Crippen molar-refractivity contribution in [2.45, 2.75) is 57.4 Å². The summed E-state index contributed by atoms with van der Waals surface area (Å²) in [5.74, 6) is 0. The van der Waals surface area contributed by atoms with Crippen LogP contribution in [0.3, 0.4) is 0 Å². The molecule has 2 N–H and O–H groups in total. The molecule has 0 bridgehead atoms. The Morgan fingerprint density at radius 1 is 1.07 bits per heavy atom. The van der Waals surface area contributed by atoms with E-state index >= 15 is 0 Å². The first kappa shape index (κ1) is 12.7. The highest BCUT2D eigenvalue weighted by Crippen LogP contribution is 2.67. The molecule has 0 aromatic heterocycles. The first-order chi connectivity index (χ1) is 6.07. The van der Waals surface area contributed by atoms with Gasteiger partial charge in [-0.2, -0.15) is 0 Å². The van der Waals surface area contributed by atoms with Gasteiger partial charge >= 0.3 is 0 Å². The maximum atomic E-state index is 10.2. The molecule has 0 amide bonds. The smallest absolute Gasteiger partial charge is 0.159 e. The summed E-state index contributed by atoms with van der Waals surface area (Å²) in [6.07, 6.45) is -0.329. The van der Waals surface area contributed by atoms with Gasteiger partial charge in [-0.1, -0.05) is 42.4 Å². The Bertz CT molecular complexity index is 213. The fourth-order valence-corrected chi connectivity index (χ4v) is 4.08. The van der Waals surface area contributed by atoms with Crippen molar-refractivity contribution in [2.24, 2.45) is 5.41 Å². The Hall–Kier alpha value is 0.620. The number of hydrogen-bond acceptors (Lipinski definition) is 4. The summed E-state index contributed by atoms with van der Waals surface area (Å²) in [7, 11) is 3.47. The van der Waals surface area contributed by atoms with E-state index in [2.05, 4.69) is 46.9 Å². The van der Waals surface area contributed by atoms with Crippen LogP contribution in [0, 0.1) is 5.41 Å². The molecular weight excluding hydrogens is 214 g/mol. The van der Waals surface area contributed by atoms with Gasteiger partial charge in [0.1, 0.15) is 0 Å². The van der Waals surface area contributed by atoms with Crippen LogP contribution in [0.1, 0.15) is 41.5 Å². The van der Waals surface area contributed by atoms with Gasteiger partial charge < -0.3 is 5.11 Å². The van der Waals surface area contributed by atoms with Crippen LogP contribution in [0.4, 0.5) is 0 Å². The largest absolute Gasteiger partial charge is 0.389 e. The van der Waals surface area contributed by atoms with Crippen LogP contribution in [0.25, 0.3) is 0 Å². The van der Waals surface area contributed by atoms with Crippen molar-refractivity contribution < 1.29 is 5.11 Å². The molecule has 0 saturated carbocycles. The van der Waals surface area contributed by atoms with Gasteiger partial charge in [-0.25, -0.2) is 0 Å². The van der Waals surface area contributed by atoms with E-state index in [0.717, 1.165) is 0 Å². The third-order valence-corrected chi connectivity index (χ3v) is 4.75. The number of nitrogens with one attached hydrogen (secondary N) is 1. The first-order valence-corrected chi connectivity index (χ1v) is 7.06. The Kier molecular flexibility index (Phi) is 3.24. The summed E-state index contributed by atoms with van der Waals surface area (Å²) in [5, 5.41) is 13.7. The van der Waals surface area contributed by atoms with Gasteiger partial charge in [-0.15, -0.1) is 0 Å². The molecule has 0 aromatic rings. The minimum absolute atomic E-state index is 0.0444. The lowest BCUT2D eigenvalue weighted by Crippen LogP contribution is -2.53. The van der Waals surface area contributed by atoms with Crippen molar-refractivity contribution in [1.29, 1.82) is 0 Å². The molecule has 1 fully saturated rings. The molecule has 0 spiro atoms. The van der Waals surface area contributed by atoms with E-state index in [1.165, 1.54) is 0 Å². The second-order valence-corrected chi connectivity index (χ2v) is 8.86. The minimum Gasteiger partial charge on any atom is -0.389 e. The van der Waals surface area contributed by atoms with Gasteiger partial charge in [0.25, 0.3) is 0 Å². The molecule has 0 radical (unpaired) electrons. The van der Waals surface area contributed by atoms with E-state index in [1.807, 2.05) is 0 Å². The van der Waals surface area contributed by atoms with E-state index in [0.29, 0.717) is 0 Å². The molecule has 4 heteroatoms. The number of rotatable bonds is 2. The van der Waals surface area contributed by atoms with Crippen molar-refractivity contribution >= 4 is 21.6 Å². The van der Waals surface area contributed by atoms with E-state index in [1.54, 1.807) is 21.6 Å². The lowest BCUT2D eigenvalue weighted by molar-refractivity contribution is 0.0406. The molecule has 1 unspecified atom stereocenters. The average molecular weight is 235 g/mol. The number of hydrogen-bond donors (Lipinski definition) is 2. The molecule has 2 nitrogen and oxygen atoms in total. The second-order valence-electron chi connectivity index (χ2n) is 5.98. The SMILES string of the molecule is CC(C)(C)NC1(C(O)C(C)(C)C)SS1. The molecule has 14 heavy (non-hydrogen) atoms. The van der Waals surface area contributed by atoms with Gasteiger partial charge in [0.05, 0.1) is 6.10 Å². The van der Waals surface area contributed by atoms with Crippen LogP contribution in [-0.2, 0) is 0 Å². The third-order valence-electron chi connectivity index (χ3n) is 1.99. The number of aliphatic hydroxyl groups is 1. The van der Waals surface area contributed by atoms with Gasteiger partial charge in [-0.05, 0) is 26.2 Å². The first-order valence-electron chi connectivity index (χ1n) is 4.91. The van der Waals surface area contributed by atoms with Crippen LogP contribution in [0.15, 0.2) is 0 Å². The van der Waals surface area contributed by atoms with Crippen LogP contribution >= 0.6 is 21.6 Å². The molecule has 1 atom stereocenters. The summed E-state index contributed by atoms with van der Waals surface area (Å²) in [6, 6.07) is 0. The van der Waals surface area contributed by atoms with Gasteiger partial charge in [0.2, 0.25) is 0 Å². The van der Waals surface area contributed by atoms with Crippen molar-refractivity contribution in [2.75, 3.05) is 0 Å². The molecule has 0 aromatic carbocycles. The Morgan fingerprint density at radius 3 is 1.71 bits per heavy atom. The van der Waals surface area contributed by atoms with Gasteiger partial charge in [0.15, 0.2) is 4.20 Å². The topological polar surface area (TPSA) is 32.3 Å². The summed E-state index contributed by atoms with van der Waals surface area (Å²) in [4.78, 5) is 0. The van der Waals surface area contributed by atoms with E-state index < -0.39 is 0 Å².